The Morgan fingerprint density at radius 2 is 1.57 bits per heavy atom. The summed E-state index contributed by atoms with van der Waals surface area (Å²) in [6.07, 6.45) is 0.509. The minimum absolute atomic E-state index is 0.255. The Hall–Kier alpha value is -0.120. The van der Waals surface area contributed by atoms with Crippen LogP contribution in [0.4, 0.5) is 0 Å². The first kappa shape index (κ1) is 5.03. The smallest absolute Gasteiger partial charge is 0.150 e. The van der Waals surface area contributed by atoms with E-state index in [1.54, 1.807) is 0 Å². The van der Waals surface area contributed by atoms with Crippen LogP contribution < -0.4 is 10.6 Å². The van der Waals surface area contributed by atoms with E-state index < -0.39 is 0 Å². The van der Waals surface area contributed by atoms with E-state index in [1.807, 2.05) is 14.1 Å². The molecule has 1 saturated heterocycles. The van der Waals surface area contributed by atoms with Crippen LogP contribution in [0.3, 0.4) is 0 Å². The molecule has 0 radical (unpaired) electrons. The van der Waals surface area contributed by atoms with E-state index in [-0.39, 0.29) is 12.5 Å². The summed E-state index contributed by atoms with van der Waals surface area (Å²) in [4.78, 5) is 0. The van der Waals surface area contributed by atoms with Crippen LogP contribution in [0.1, 0.15) is 0 Å². The first-order chi connectivity index (χ1) is 3.38. The number of nitrogens with one attached hydrogen (secondary N) is 2. The summed E-state index contributed by atoms with van der Waals surface area (Å²) < 4.78 is 4.99. The van der Waals surface area contributed by atoms with Crippen LogP contribution in [-0.2, 0) is 4.74 Å². The molecule has 7 heavy (non-hydrogen) atoms. The molecule has 1 unspecified atom stereocenters. The number of rotatable bonds is 2. The van der Waals surface area contributed by atoms with Gasteiger partial charge in [0.15, 0.2) is 0 Å². The van der Waals surface area contributed by atoms with E-state index in [4.69, 9.17) is 4.74 Å². The van der Waals surface area contributed by atoms with Crippen molar-refractivity contribution in [1.82, 2.24) is 10.6 Å². The molecule has 0 aromatic heterocycles. The van der Waals surface area contributed by atoms with Crippen molar-refractivity contribution in [2.45, 2.75) is 12.5 Å². The molecule has 1 fully saturated rings. The van der Waals surface area contributed by atoms with Crippen LogP contribution in [0.2, 0.25) is 0 Å². The molecule has 3 nitrogen and oxygen atoms in total. The predicted octanol–water partition coefficient (Wildman–Crippen LogP) is -0.892. The molecule has 0 saturated carbocycles. The van der Waals surface area contributed by atoms with Gasteiger partial charge in [-0.3, -0.25) is 10.6 Å². The van der Waals surface area contributed by atoms with Crippen molar-refractivity contribution >= 4 is 0 Å². The van der Waals surface area contributed by atoms with Crippen molar-refractivity contribution < 1.29 is 4.74 Å². The Kier molecular flexibility index (Phi) is 1.27. The highest BCUT2D eigenvalue weighted by atomic mass is 16.6. The molecule has 0 bridgehead atoms. The number of likely N-dealkylation sites (N-methyl/N-ethyl adjacent to an activating group) is 2. The summed E-state index contributed by atoms with van der Waals surface area (Å²) in [5, 5.41) is 5.91. The topological polar surface area (TPSA) is 36.6 Å². The number of epoxide rings is 1. The zero-order valence-corrected chi connectivity index (χ0v) is 4.56. The summed E-state index contributed by atoms with van der Waals surface area (Å²) in [5.41, 5.74) is 0. The van der Waals surface area contributed by atoms with Gasteiger partial charge in [0.25, 0.3) is 0 Å². The zero-order chi connectivity index (χ0) is 5.28. The van der Waals surface area contributed by atoms with Gasteiger partial charge in [-0.05, 0) is 14.1 Å². The van der Waals surface area contributed by atoms with Crippen LogP contribution in [0.5, 0.6) is 0 Å². The van der Waals surface area contributed by atoms with Crippen molar-refractivity contribution in [2.75, 3.05) is 14.1 Å². The van der Waals surface area contributed by atoms with Gasteiger partial charge in [-0.1, -0.05) is 0 Å². The fraction of sp³-hybridized carbons (Fsp3) is 1.00. The largest absolute Gasteiger partial charge is 0.337 e. The summed E-state index contributed by atoms with van der Waals surface area (Å²) in [7, 11) is 3.75. The summed E-state index contributed by atoms with van der Waals surface area (Å²) in [6.45, 7) is 0. The van der Waals surface area contributed by atoms with Gasteiger partial charge in [0.05, 0.1) is 0 Å². The molecule has 0 aromatic carbocycles. The van der Waals surface area contributed by atoms with Crippen molar-refractivity contribution in [2.24, 2.45) is 0 Å². The number of ether oxygens (including phenoxy) is 1. The Morgan fingerprint density at radius 3 is 1.71 bits per heavy atom. The average Bonchev–Trinajstić information content (AvgIpc) is 2.43. The molecule has 1 rings (SSSR count). The molecule has 1 aliphatic heterocycles. The van der Waals surface area contributed by atoms with Gasteiger partial charge in [0.2, 0.25) is 0 Å². The maximum absolute atomic E-state index is 4.99. The highest BCUT2D eigenvalue weighted by molar-refractivity contribution is 4.76. The molecule has 0 aliphatic carbocycles. The third-order valence-corrected chi connectivity index (χ3v) is 1.06. The van der Waals surface area contributed by atoms with Gasteiger partial charge in [-0.15, -0.1) is 0 Å². The normalized spacial score (nSPS) is 38.6. The molecular formula is C4H10N2O. The molecule has 1 heterocycles. The van der Waals surface area contributed by atoms with E-state index in [9.17, 15) is 0 Å². The molecule has 0 amide bonds. The predicted molar refractivity (Wildman–Crippen MR) is 26.8 cm³/mol. The lowest BCUT2D eigenvalue weighted by molar-refractivity contribution is 0.341. The third-order valence-electron chi connectivity index (χ3n) is 1.06. The van der Waals surface area contributed by atoms with Crippen molar-refractivity contribution in [3.8, 4) is 0 Å². The highest BCUT2D eigenvalue weighted by Gasteiger charge is 2.35. The van der Waals surface area contributed by atoms with E-state index in [1.165, 1.54) is 0 Å². The van der Waals surface area contributed by atoms with Crippen LogP contribution >= 0.6 is 0 Å². The Morgan fingerprint density at radius 1 is 1.14 bits per heavy atom. The maximum atomic E-state index is 4.99. The van der Waals surface area contributed by atoms with Crippen molar-refractivity contribution in [3.63, 3.8) is 0 Å². The van der Waals surface area contributed by atoms with Gasteiger partial charge in [0.1, 0.15) is 12.5 Å². The highest BCUT2D eigenvalue weighted by Crippen LogP contribution is 2.13. The second-order valence-corrected chi connectivity index (χ2v) is 1.55. The third kappa shape index (κ3) is 0.907. The molecule has 3 heteroatoms. The molecule has 0 spiro atoms. The van der Waals surface area contributed by atoms with Gasteiger partial charge >= 0.3 is 0 Å². The first-order valence-corrected chi connectivity index (χ1v) is 2.38. The van der Waals surface area contributed by atoms with Crippen LogP contribution in [-0.4, -0.2) is 26.6 Å². The molecule has 2 N–H and O–H groups in total. The van der Waals surface area contributed by atoms with Gasteiger partial charge < -0.3 is 4.74 Å². The SMILES string of the molecule is CNC1O[C@H]1NC. The van der Waals surface area contributed by atoms with Gasteiger partial charge in [0, 0.05) is 0 Å². The molecule has 1 aliphatic rings. The van der Waals surface area contributed by atoms with Crippen LogP contribution in [0, 0.1) is 0 Å². The molecule has 42 valence electrons. The second-order valence-electron chi connectivity index (χ2n) is 1.55. The Balaban J connectivity index is 2.06. The van der Waals surface area contributed by atoms with E-state index >= 15 is 0 Å². The quantitative estimate of drug-likeness (QED) is 0.444. The fourth-order valence-electron chi connectivity index (χ4n) is 0.551. The van der Waals surface area contributed by atoms with Crippen molar-refractivity contribution in [3.05, 3.63) is 0 Å². The number of hydrogen-bond acceptors (Lipinski definition) is 3. The minimum atomic E-state index is 0.255. The van der Waals surface area contributed by atoms with E-state index in [0.717, 1.165) is 0 Å². The zero-order valence-electron chi connectivity index (χ0n) is 4.56. The first-order valence-electron chi connectivity index (χ1n) is 2.38. The Labute approximate surface area is 43.0 Å². The Bertz CT molecular complexity index is 58.7. The molecule has 0 aromatic rings. The van der Waals surface area contributed by atoms with E-state index in [0.29, 0.717) is 0 Å². The lowest BCUT2D eigenvalue weighted by Gasteiger charge is -1.84. The van der Waals surface area contributed by atoms with E-state index in [2.05, 4.69) is 10.6 Å². The average molecular weight is 102 g/mol. The molecular weight excluding hydrogens is 92.1 g/mol. The lowest BCUT2D eigenvalue weighted by atomic mass is 10.6. The second kappa shape index (κ2) is 1.78. The summed E-state index contributed by atoms with van der Waals surface area (Å²) >= 11 is 0. The van der Waals surface area contributed by atoms with Gasteiger partial charge in [-0.2, -0.15) is 0 Å². The lowest BCUT2D eigenvalue weighted by Crippen LogP contribution is -2.21. The standard InChI is InChI=1S/C4H10N2O/c1-5-3-4(6-2)7-3/h3-6H,1-2H3/t3-,4?/m1/s1. The maximum Gasteiger partial charge on any atom is 0.150 e. The van der Waals surface area contributed by atoms with Crippen LogP contribution in [0.25, 0.3) is 0 Å². The van der Waals surface area contributed by atoms with Gasteiger partial charge in [-0.25, -0.2) is 0 Å². The fourth-order valence-corrected chi connectivity index (χ4v) is 0.551. The minimum Gasteiger partial charge on any atom is -0.337 e. The summed E-state index contributed by atoms with van der Waals surface area (Å²) in [5.74, 6) is 0. The molecule has 2 atom stereocenters. The monoisotopic (exact) mass is 102 g/mol. The summed E-state index contributed by atoms with van der Waals surface area (Å²) in [6, 6.07) is 0. The van der Waals surface area contributed by atoms with Crippen molar-refractivity contribution in [1.29, 1.82) is 0 Å². The number of hydrogen-bond donors (Lipinski definition) is 2. The van der Waals surface area contributed by atoms with Crippen LogP contribution in [0.15, 0.2) is 0 Å².